The van der Waals surface area contributed by atoms with Crippen molar-refractivity contribution in [1.82, 2.24) is 0 Å². The molecule has 0 radical (unpaired) electrons. The van der Waals surface area contributed by atoms with Gasteiger partial charge in [0.2, 0.25) is 12.1 Å². The lowest BCUT2D eigenvalue weighted by atomic mass is 9.58. The van der Waals surface area contributed by atoms with Crippen molar-refractivity contribution in [3.05, 3.63) is 0 Å². The first-order valence-electron chi connectivity index (χ1n) is 10.8. The highest BCUT2D eigenvalue weighted by molar-refractivity contribution is 5.72. The second-order valence-corrected chi connectivity index (χ2v) is 9.69. The Bertz CT molecular complexity index is 603. The van der Waals surface area contributed by atoms with Gasteiger partial charge < -0.3 is 14.2 Å². The molecule has 0 aromatic heterocycles. The average molecular weight is 380 g/mol. The maximum Gasteiger partial charge on any atom is 0.311 e. The lowest BCUT2D eigenvalue weighted by molar-refractivity contribution is -0.576. The maximum atomic E-state index is 12.6. The molecular weight excluding hydrogens is 348 g/mol. The average Bonchev–Trinajstić information content (AvgIpc) is 3.09. The lowest BCUT2D eigenvalue weighted by Crippen LogP contribution is -2.70. The van der Waals surface area contributed by atoms with Gasteiger partial charge in [0.25, 0.3) is 0 Å². The molecule has 0 unspecified atom stereocenters. The largest absolute Gasteiger partial charge is 0.435 e. The molecule has 0 aromatic rings. The monoisotopic (exact) mass is 380 g/mol. The topological polar surface area (TPSA) is 63.2 Å². The van der Waals surface area contributed by atoms with Crippen LogP contribution in [0.4, 0.5) is 0 Å². The van der Waals surface area contributed by atoms with Crippen LogP contribution < -0.4 is 0 Å². The molecule has 0 amide bonds. The molecule has 27 heavy (non-hydrogen) atoms. The predicted octanol–water partition coefficient (Wildman–Crippen LogP) is 3.93. The predicted molar refractivity (Wildman–Crippen MR) is 94.9 cm³/mol. The highest BCUT2D eigenvalue weighted by Crippen LogP contribution is 2.60. The smallest absolute Gasteiger partial charge is 0.311 e. The van der Waals surface area contributed by atoms with Gasteiger partial charge in [0.1, 0.15) is 0 Å². The van der Waals surface area contributed by atoms with Gasteiger partial charge in [0.15, 0.2) is 11.9 Å². The van der Waals surface area contributed by atoms with E-state index < -0.39 is 24.0 Å². The number of hydrogen-bond acceptors (Lipinski definition) is 6. The molecule has 0 aromatic carbocycles. The van der Waals surface area contributed by atoms with Crippen LogP contribution in [0.1, 0.15) is 72.1 Å². The number of rotatable bonds is 2. The van der Waals surface area contributed by atoms with Crippen LogP contribution in [0, 0.1) is 29.6 Å². The lowest BCUT2D eigenvalue weighted by Gasteiger charge is -2.59. The van der Waals surface area contributed by atoms with Crippen LogP contribution in [0.5, 0.6) is 0 Å². The highest BCUT2D eigenvalue weighted by atomic mass is 17.3. The molecule has 8 atom stereocenters. The van der Waals surface area contributed by atoms with E-state index in [2.05, 4.69) is 13.8 Å². The van der Waals surface area contributed by atoms with Crippen LogP contribution in [0.3, 0.4) is 0 Å². The molecule has 4 heterocycles. The summed E-state index contributed by atoms with van der Waals surface area (Å²) in [5.74, 6) is 0.239. The van der Waals surface area contributed by atoms with Gasteiger partial charge in [-0.25, -0.2) is 9.78 Å². The van der Waals surface area contributed by atoms with E-state index in [1.807, 2.05) is 6.92 Å². The van der Waals surface area contributed by atoms with Gasteiger partial charge in [-0.1, -0.05) is 26.7 Å². The number of carbonyl (C=O) groups excluding carboxylic acids is 1. The Kier molecular flexibility index (Phi) is 4.35. The molecule has 2 saturated carbocycles. The first-order chi connectivity index (χ1) is 12.9. The molecule has 4 aliphatic heterocycles. The third kappa shape index (κ3) is 2.70. The van der Waals surface area contributed by atoms with E-state index in [0.717, 1.165) is 51.4 Å². The molecule has 152 valence electrons. The number of fused-ring (bicyclic) bond motifs is 2. The molecule has 6 rings (SSSR count). The summed E-state index contributed by atoms with van der Waals surface area (Å²) in [6, 6.07) is 0. The summed E-state index contributed by atoms with van der Waals surface area (Å²) in [5, 5.41) is 0. The Labute approximate surface area is 161 Å². The first-order valence-corrected chi connectivity index (χ1v) is 10.8. The number of hydrogen-bond donors (Lipinski definition) is 0. The van der Waals surface area contributed by atoms with Gasteiger partial charge in [0.05, 0.1) is 5.92 Å². The molecule has 6 fully saturated rings. The minimum atomic E-state index is -0.794. The Balaban J connectivity index is 1.43. The van der Waals surface area contributed by atoms with Crippen LogP contribution in [-0.2, 0) is 28.8 Å². The Morgan fingerprint density at radius 3 is 2.56 bits per heavy atom. The zero-order chi connectivity index (χ0) is 18.8. The number of carbonyl (C=O) groups is 1. The van der Waals surface area contributed by atoms with Crippen molar-refractivity contribution in [1.29, 1.82) is 0 Å². The van der Waals surface area contributed by atoms with Crippen LogP contribution in [0.2, 0.25) is 0 Å². The normalized spacial score (nSPS) is 52.3. The quantitative estimate of drug-likeness (QED) is 0.534. The summed E-state index contributed by atoms with van der Waals surface area (Å²) < 4.78 is 18.5. The van der Waals surface area contributed by atoms with Crippen molar-refractivity contribution >= 4 is 5.97 Å². The molecule has 6 aliphatic rings. The molecule has 2 aliphatic carbocycles. The molecular formula is C21H32O6. The van der Waals surface area contributed by atoms with Crippen molar-refractivity contribution in [2.45, 2.75) is 96.1 Å². The van der Waals surface area contributed by atoms with E-state index in [9.17, 15) is 4.79 Å². The van der Waals surface area contributed by atoms with E-state index in [4.69, 9.17) is 24.0 Å². The summed E-state index contributed by atoms with van der Waals surface area (Å²) >= 11 is 0. The van der Waals surface area contributed by atoms with Gasteiger partial charge in [0, 0.05) is 18.3 Å². The molecule has 4 saturated heterocycles. The second-order valence-electron chi connectivity index (χ2n) is 9.69. The SMILES string of the molecule is C[C@@H]1[C@H](OC(=O)C2CCCC2)O[C@H]2O[C@@]3(C)CC[C@@H]4[C@H](C)CC[C@H]1[C@@]24OO3. The second kappa shape index (κ2) is 6.41. The summed E-state index contributed by atoms with van der Waals surface area (Å²) in [6.07, 6.45) is 6.93. The maximum absolute atomic E-state index is 12.6. The first kappa shape index (κ1) is 18.3. The zero-order valence-corrected chi connectivity index (χ0v) is 16.6. The van der Waals surface area contributed by atoms with Crippen LogP contribution >= 0.6 is 0 Å². The Morgan fingerprint density at radius 1 is 1.00 bits per heavy atom. The summed E-state index contributed by atoms with van der Waals surface area (Å²) in [7, 11) is 0. The molecule has 6 nitrogen and oxygen atoms in total. The highest BCUT2D eigenvalue weighted by Gasteiger charge is 2.69. The Hall–Kier alpha value is -0.690. The van der Waals surface area contributed by atoms with E-state index in [-0.39, 0.29) is 23.7 Å². The van der Waals surface area contributed by atoms with E-state index in [0.29, 0.717) is 11.8 Å². The van der Waals surface area contributed by atoms with E-state index in [1.165, 1.54) is 0 Å². The van der Waals surface area contributed by atoms with Gasteiger partial charge in [-0.2, -0.15) is 0 Å². The third-order valence-corrected chi connectivity index (χ3v) is 8.02. The minimum absolute atomic E-state index is 0.0272. The molecule has 6 heteroatoms. The summed E-state index contributed by atoms with van der Waals surface area (Å²) in [6.45, 7) is 6.34. The van der Waals surface area contributed by atoms with E-state index >= 15 is 0 Å². The van der Waals surface area contributed by atoms with Gasteiger partial charge in [-0.3, -0.25) is 4.79 Å². The standard InChI is InChI=1S/C21H32O6/c1-12-8-9-16-13(2)18(23-17(22)14-6-4-5-7-14)24-19-21(16)15(12)10-11-20(3,25-19)26-27-21/h12-16,18-19H,4-11H2,1-3H3/t12-,13+,15-,16-,18-,19+,20-,21-/m1/s1. The Morgan fingerprint density at radius 2 is 1.78 bits per heavy atom. The van der Waals surface area contributed by atoms with Crippen molar-refractivity contribution in [2.75, 3.05) is 0 Å². The third-order valence-electron chi connectivity index (χ3n) is 8.02. The fraction of sp³-hybridized carbons (Fsp3) is 0.952. The van der Waals surface area contributed by atoms with E-state index in [1.54, 1.807) is 0 Å². The minimum Gasteiger partial charge on any atom is -0.435 e. The summed E-state index contributed by atoms with van der Waals surface area (Å²) in [5.41, 5.74) is -0.594. The molecule has 2 bridgehead atoms. The fourth-order valence-corrected chi connectivity index (χ4v) is 6.38. The number of ether oxygens (including phenoxy) is 3. The zero-order valence-electron chi connectivity index (χ0n) is 16.6. The van der Waals surface area contributed by atoms with Crippen molar-refractivity contribution in [3.63, 3.8) is 0 Å². The van der Waals surface area contributed by atoms with Crippen LogP contribution in [0.15, 0.2) is 0 Å². The van der Waals surface area contributed by atoms with Crippen LogP contribution in [0.25, 0.3) is 0 Å². The molecule has 0 N–H and O–H groups in total. The van der Waals surface area contributed by atoms with Gasteiger partial charge >= 0.3 is 5.97 Å². The van der Waals surface area contributed by atoms with Crippen LogP contribution in [-0.4, -0.2) is 29.9 Å². The van der Waals surface area contributed by atoms with Gasteiger partial charge in [-0.15, -0.1) is 0 Å². The number of esters is 1. The molecule has 1 spiro atoms. The van der Waals surface area contributed by atoms with Crippen molar-refractivity contribution in [3.8, 4) is 0 Å². The van der Waals surface area contributed by atoms with Crippen molar-refractivity contribution in [2.24, 2.45) is 29.6 Å². The fourth-order valence-electron chi connectivity index (χ4n) is 6.38. The van der Waals surface area contributed by atoms with Gasteiger partial charge in [-0.05, 0) is 50.9 Å². The summed E-state index contributed by atoms with van der Waals surface area (Å²) in [4.78, 5) is 24.6. The van der Waals surface area contributed by atoms with Crippen molar-refractivity contribution < 1.29 is 28.8 Å².